The zero-order chi connectivity index (χ0) is 21.7. The fraction of sp³-hybridized carbons (Fsp3) is 0.292. The predicted molar refractivity (Wildman–Crippen MR) is 116 cm³/mol. The maximum absolute atomic E-state index is 12.4. The zero-order valence-electron chi connectivity index (χ0n) is 17.7. The number of benzene rings is 2. The Balaban J connectivity index is 1.67. The van der Waals surface area contributed by atoms with E-state index in [0.717, 1.165) is 5.56 Å². The minimum atomic E-state index is -0.305. The molecular weight excluding hydrogens is 382 g/mol. The van der Waals surface area contributed by atoms with E-state index < -0.39 is 0 Å². The normalized spacial score (nSPS) is 11.2. The van der Waals surface area contributed by atoms with Gasteiger partial charge in [0.25, 0.3) is 5.91 Å². The van der Waals surface area contributed by atoms with Gasteiger partial charge >= 0.3 is 0 Å². The van der Waals surface area contributed by atoms with Crippen LogP contribution >= 0.6 is 0 Å². The summed E-state index contributed by atoms with van der Waals surface area (Å²) in [5.74, 6) is 1.91. The van der Waals surface area contributed by atoms with Crippen molar-refractivity contribution in [2.24, 2.45) is 0 Å². The molecule has 0 atom stereocenters. The number of anilines is 1. The van der Waals surface area contributed by atoms with Crippen molar-refractivity contribution >= 4 is 11.6 Å². The van der Waals surface area contributed by atoms with Gasteiger partial charge < -0.3 is 24.3 Å². The fourth-order valence-electron chi connectivity index (χ4n) is 2.96. The lowest BCUT2D eigenvalue weighted by Gasteiger charge is -2.19. The first-order valence-electron chi connectivity index (χ1n) is 9.71. The smallest absolute Gasteiger partial charge is 0.262 e. The standard InChI is InChI=1S/C24H27NO5/c1-24(2,3)17-6-8-18(9-7-17)29-15-23(27)25-20-13-16(5-11-22(20)28-4)21-12-10-19(14-26)30-21/h5-13,26H,14-15H2,1-4H3,(H,25,27). The molecule has 0 spiro atoms. The van der Waals surface area contributed by atoms with Crippen LogP contribution in [0.15, 0.2) is 59.0 Å². The predicted octanol–water partition coefficient (Wildman–Crippen LogP) is 4.76. The summed E-state index contributed by atoms with van der Waals surface area (Å²) in [6, 6.07) is 16.5. The Kier molecular flexibility index (Phi) is 6.47. The molecule has 6 nitrogen and oxygen atoms in total. The Bertz CT molecular complexity index is 999. The highest BCUT2D eigenvalue weighted by molar-refractivity contribution is 5.94. The van der Waals surface area contributed by atoms with Crippen molar-refractivity contribution in [1.82, 2.24) is 0 Å². The van der Waals surface area contributed by atoms with Crippen LogP contribution in [0.4, 0.5) is 5.69 Å². The van der Waals surface area contributed by atoms with Gasteiger partial charge in [-0.25, -0.2) is 0 Å². The van der Waals surface area contributed by atoms with Crippen LogP contribution in [0.25, 0.3) is 11.3 Å². The third-order valence-corrected chi connectivity index (χ3v) is 4.67. The topological polar surface area (TPSA) is 80.9 Å². The highest BCUT2D eigenvalue weighted by atomic mass is 16.5. The van der Waals surface area contributed by atoms with Gasteiger partial charge in [-0.2, -0.15) is 0 Å². The number of aliphatic hydroxyl groups excluding tert-OH is 1. The van der Waals surface area contributed by atoms with Crippen LogP contribution in [-0.2, 0) is 16.8 Å². The van der Waals surface area contributed by atoms with Crippen LogP contribution in [0.1, 0.15) is 32.1 Å². The summed E-state index contributed by atoms with van der Waals surface area (Å²) < 4.78 is 16.5. The minimum absolute atomic E-state index is 0.0589. The van der Waals surface area contributed by atoms with E-state index in [9.17, 15) is 9.90 Å². The van der Waals surface area contributed by atoms with Crippen LogP contribution in [0.5, 0.6) is 11.5 Å². The second kappa shape index (κ2) is 9.05. The number of carbonyl (C=O) groups is 1. The van der Waals surface area contributed by atoms with E-state index in [2.05, 4.69) is 26.1 Å². The Morgan fingerprint density at radius 2 is 1.80 bits per heavy atom. The minimum Gasteiger partial charge on any atom is -0.495 e. The highest BCUT2D eigenvalue weighted by Gasteiger charge is 2.14. The van der Waals surface area contributed by atoms with Gasteiger partial charge in [0.1, 0.15) is 29.6 Å². The van der Waals surface area contributed by atoms with Crippen molar-refractivity contribution in [3.05, 3.63) is 65.9 Å². The maximum Gasteiger partial charge on any atom is 0.262 e. The zero-order valence-corrected chi connectivity index (χ0v) is 17.7. The number of furan rings is 1. The highest BCUT2D eigenvalue weighted by Crippen LogP contribution is 2.31. The summed E-state index contributed by atoms with van der Waals surface area (Å²) in [5, 5.41) is 12.0. The molecule has 0 aliphatic rings. The number of carbonyl (C=O) groups excluding carboxylic acids is 1. The van der Waals surface area contributed by atoms with Gasteiger partial charge in [-0.05, 0) is 53.4 Å². The van der Waals surface area contributed by atoms with Gasteiger partial charge in [0.05, 0.1) is 12.8 Å². The Hall–Kier alpha value is -3.25. The first-order valence-corrected chi connectivity index (χ1v) is 9.71. The molecule has 30 heavy (non-hydrogen) atoms. The van der Waals surface area contributed by atoms with E-state index >= 15 is 0 Å². The van der Waals surface area contributed by atoms with E-state index in [1.54, 1.807) is 24.3 Å². The van der Waals surface area contributed by atoms with Crippen LogP contribution in [0.2, 0.25) is 0 Å². The number of nitrogens with one attached hydrogen (secondary N) is 1. The second-order valence-electron chi connectivity index (χ2n) is 7.95. The van der Waals surface area contributed by atoms with Gasteiger partial charge in [-0.15, -0.1) is 0 Å². The quantitative estimate of drug-likeness (QED) is 0.588. The number of aliphatic hydroxyl groups is 1. The molecule has 0 saturated carbocycles. The Morgan fingerprint density at radius 3 is 2.40 bits per heavy atom. The monoisotopic (exact) mass is 409 g/mol. The van der Waals surface area contributed by atoms with Crippen molar-refractivity contribution in [2.75, 3.05) is 19.0 Å². The lowest BCUT2D eigenvalue weighted by molar-refractivity contribution is -0.118. The maximum atomic E-state index is 12.4. The Labute approximate surface area is 176 Å². The molecule has 158 valence electrons. The molecule has 1 aromatic heterocycles. The average Bonchev–Trinajstić information content (AvgIpc) is 3.21. The molecule has 1 heterocycles. The molecule has 0 unspecified atom stereocenters. The molecule has 6 heteroatoms. The van der Waals surface area contributed by atoms with Gasteiger partial charge in [-0.1, -0.05) is 32.9 Å². The molecule has 2 aromatic carbocycles. The van der Waals surface area contributed by atoms with E-state index in [1.165, 1.54) is 12.7 Å². The fourth-order valence-corrected chi connectivity index (χ4v) is 2.96. The molecule has 3 rings (SSSR count). The summed E-state index contributed by atoms with van der Waals surface area (Å²) in [6.45, 7) is 6.13. The van der Waals surface area contributed by atoms with Gasteiger partial charge in [0.15, 0.2) is 6.61 Å². The van der Waals surface area contributed by atoms with Gasteiger partial charge in [0, 0.05) is 5.56 Å². The van der Waals surface area contributed by atoms with Crippen molar-refractivity contribution in [1.29, 1.82) is 0 Å². The van der Waals surface area contributed by atoms with Gasteiger partial charge in [-0.3, -0.25) is 4.79 Å². The van der Waals surface area contributed by atoms with Gasteiger partial charge in [0.2, 0.25) is 0 Å². The molecule has 0 radical (unpaired) electrons. The number of amides is 1. The second-order valence-corrected chi connectivity index (χ2v) is 7.95. The third kappa shape index (κ3) is 5.21. The van der Waals surface area contributed by atoms with Crippen molar-refractivity contribution < 1.29 is 23.8 Å². The SMILES string of the molecule is COc1ccc(-c2ccc(CO)o2)cc1NC(=O)COc1ccc(C(C)(C)C)cc1. The van der Waals surface area contributed by atoms with Crippen molar-refractivity contribution in [2.45, 2.75) is 32.8 Å². The number of hydrogen-bond donors (Lipinski definition) is 2. The van der Waals surface area contributed by atoms with E-state index in [1.807, 2.05) is 30.3 Å². The summed E-state index contributed by atoms with van der Waals surface area (Å²) in [7, 11) is 1.54. The third-order valence-electron chi connectivity index (χ3n) is 4.67. The lowest BCUT2D eigenvalue weighted by Crippen LogP contribution is -2.20. The molecule has 0 aliphatic carbocycles. The van der Waals surface area contributed by atoms with E-state index in [4.69, 9.17) is 13.9 Å². The molecule has 0 saturated heterocycles. The van der Waals surface area contributed by atoms with Crippen LogP contribution in [0.3, 0.4) is 0 Å². The largest absolute Gasteiger partial charge is 0.495 e. The summed E-state index contributed by atoms with van der Waals surface area (Å²) in [4.78, 5) is 12.4. The number of hydrogen-bond acceptors (Lipinski definition) is 5. The first-order chi connectivity index (χ1) is 14.3. The van der Waals surface area contributed by atoms with Crippen LogP contribution < -0.4 is 14.8 Å². The number of ether oxygens (including phenoxy) is 2. The molecular formula is C24H27NO5. The van der Waals surface area contributed by atoms with Crippen molar-refractivity contribution in [3.8, 4) is 22.8 Å². The first kappa shape index (κ1) is 21.5. The van der Waals surface area contributed by atoms with Crippen molar-refractivity contribution in [3.63, 3.8) is 0 Å². The average molecular weight is 409 g/mol. The molecule has 1 amide bonds. The number of rotatable bonds is 7. The molecule has 0 bridgehead atoms. The van der Waals surface area contributed by atoms with E-state index in [0.29, 0.717) is 28.7 Å². The molecule has 0 fully saturated rings. The lowest BCUT2D eigenvalue weighted by atomic mass is 9.87. The number of methoxy groups -OCH3 is 1. The summed E-state index contributed by atoms with van der Waals surface area (Å²) >= 11 is 0. The molecule has 3 aromatic rings. The van der Waals surface area contributed by atoms with Crippen LogP contribution in [-0.4, -0.2) is 24.7 Å². The summed E-state index contributed by atoms with van der Waals surface area (Å²) in [6.07, 6.45) is 0. The molecule has 2 N–H and O–H groups in total. The summed E-state index contributed by atoms with van der Waals surface area (Å²) in [5.41, 5.74) is 2.52. The van der Waals surface area contributed by atoms with E-state index in [-0.39, 0.29) is 24.5 Å². The van der Waals surface area contributed by atoms with Crippen LogP contribution in [0, 0.1) is 0 Å². The molecule has 0 aliphatic heterocycles. The Morgan fingerprint density at radius 1 is 1.07 bits per heavy atom.